The maximum Gasteiger partial charge on any atom is 0.193 e. The van der Waals surface area contributed by atoms with Crippen molar-refractivity contribution >= 4 is 22.3 Å². The Kier molecular flexibility index (Phi) is 2.18. The van der Waals surface area contributed by atoms with Crippen LogP contribution < -0.4 is 4.74 Å². The first-order chi connectivity index (χ1) is 10.8. The van der Waals surface area contributed by atoms with Gasteiger partial charge in [-0.15, -0.1) is 0 Å². The van der Waals surface area contributed by atoms with Crippen LogP contribution in [0.1, 0.15) is 21.5 Å². The Morgan fingerprint density at radius 2 is 1.59 bits per heavy atom. The van der Waals surface area contributed by atoms with E-state index < -0.39 is 0 Å². The molecule has 0 saturated heterocycles. The first-order valence-electron chi connectivity index (χ1n) is 7.38. The van der Waals surface area contributed by atoms with Gasteiger partial charge in [-0.1, -0.05) is 54.6 Å². The zero-order valence-corrected chi connectivity index (χ0v) is 11.8. The van der Waals surface area contributed by atoms with Crippen LogP contribution in [-0.4, -0.2) is 5.78 Å². The van der Waals surface area contributed by atoms with Gasteiger partial charge in [0.25, 0.3) is 0 Å². The molecule has 0 fully saturated rings. The summed E-state index contributed by atoms with van der Waals surface area (Å²) in [6.45, 7) is 0. The molecule has 1 aliphatic heterocycles. The zero-order chi connectivity index (χ0) is 14.7. The van der Waals surface area contributed by atoms with E-state index in [0.29, 0.717) is 6.42 Å². The molecule has 1 heterocycles. The van der Waals surface area contributed by atoms with E-state index in [2.05, 4.69) is 18.2 Å². The molecule has 2 aliphatic rings. The second-order valence-corrected chi connectivity index (χ2v) is 5.72. The lowest BCUT2D eigenvalue weighted by Crippen LogP contribution is -2.10. The first kappa shape index (κ1) is 11.8. The third-order valence-electron chi connectivity index (χ3n) is 4.53. The molecule has 2 nitrogen and oxygen atoms in total. The summed E-state index contributed by atoms with van der Waals surface area (Å²) in [4.78, 5) is 12.6. The Labute approximate surface area is 127 Å². The second kappa shape index (κ2) is 4.08. The number of carbonyl (C=O) groups excluding carboxylic acids is 1. The number of allylic oxidation sites excluding steroid dienone is 1. The average Bonchev–Trinajstić information content (AvgIpc) is 2.86. The van der Waals surface area contributed by atoms with Gasteiger partial charge >= 0.3 is 0 Å². The van der Waals surface area contributed by atoms with Crippen LogP contribution in [0.3, 0.4) is 0 Å². The molecule has 0 N–H and O–H groups in total. The minimum atomic E-state index is 0.101. The maximum absolute atomic E-state index is 12.6. The Bertz CT molecular complexity index is 996. The molecule has 0 atom stereocenters. The fourth-order valence-electron chi connectivity index (χ4n) is 3.47. The van der Waals surface area contributed by atoms with Crippen molar-refractivity contribution < 1.29 is 9.53 Å². The molecule has 2 heteroatoms. The highest BCUT2D eigenvalue weighted by Gasteiger charge is 2.35. The van der Waals surface area contributed by atoms with Crippen LogP contribution in [0.15, 0.2) is 66.2 Å². The van der Waals surface area contributed by atoms with E-state index in [0.717, 1.165) is 39.2 Å². The van der Waals surface area contributed by atoms with Gasteiger partial charge in [-0.2, -0.15) is 0 Å². The number of ether oxygens (including phenoxy) is 1. The fourth-order valence-corrected chi connectivity index (χ4v) is 3.47. The molecule has 0 amide bonds. The topological polar surface area (TPSA) is 26.3 Å². The summed E-state index contributed by atoms with van der Waals surface area (Å²) >= 11 is 0. The summed E-state index contributed by atoms with van der Waals surface area (Å²) < 4.78 is 6.12. The normalized spacial score (nSPS) is 15.4. The van der Waals surface area contributed by atoms with E-state index >= 15 is 0 Å². The van der Waals surface area contributed by atoms with Gasteiger partial charge in [0.05, 0.1) is 0 Å². The molecule has 22 heavy (non-hydrogen) atoms. The van der Waals surface area contributed by atoms with E-state index in [1.807, 2.05) is 42.5 Å². The number of carbonyl (C=O) groups is 1. The largest absolute Gasteiger partial charge is 0.456 e. The number of ketones is 1. The minimum Gasteiger partial charge on any atom is -0.456 e. The molecule has 0 bridgehead atoms. The van der Waals surface area contributed by atoms with Crippen molar-refractivity contribution in [3.63, 3.8) is 0 Å². The molecular formula is C20H12O2. The predicted molar refractivity (Wildman–Crippen MR) is 86.0 cm³/mol. The SMILES string of the molecule is O=C1C2=C(Oc3ccc4ccccc4c3C2)c2ccccc21. The quantitative estimate of drug-likeness (QED) is 0.612. The second-order valence-electron chi connectivity index (χ2n) is 5.72. The summed E-state index contributed by atoms with van der Waals surface area (Å²) in [5.74, 6) is 1.70. The van der Waals surface area contributed by atoms with E-state index in [4.69, 9.17) is 4.74 Å². The minimum absolute atomic E-state index is 0.101. The zero-order valence-electron chi connectivity index (χ0n) is 11.8. The van der Waals surface area contributed by atoms with Gasteiger partial charge in [-0.3, -0.25) is 4.79 Å². The first-order valence-corrected chi connectivity index (χ1v) is 7.38. The molecular weight excluding hydrogens is 272 g/mol. The number of fused-ring (bicyclic) bond motifs is 5. The average molecular weight is 284 g/mol. The van der Waals surface area contributed by atoms with Gasteiger partial charge in [-0.25, -0.2) is 0 Å². The molecule has 3 aromatic carbocycles. The third kappa shape index (κ3) is 1.41. The van der Waals surface area contributed by atoms with Crippen molar-refractivity contribution in [2.24, 2.45) is 0 Å². The molecule has 0 saturated carbocycles. The Morgan fingerprint density at radius 3 is 2.50 bits per heavy atom. The highest BCUT2D eigenvalue weighted by atomic mass is 16.5. The molecule has 1 aliphatic carbocycles. The number of rotatable bonds is 0. The number of benzene rings is 3. The van der Waals surface area contributed by atoms with Crippen molar-refractivity contribution in [2.45, 2.75) is 6.42 Å². The molecule has 104 valence electrons. The fraction of sp³-hybridized carbons (Fsp3) is 0.0500. The lowest BCUT2D eigenvalue weighted by molar-refractivity contribution is 0.103. The Morgan fingerprint density at radius 1 is 0.818 bits per heavy atom. The van der Waals surface area contributed by atoms with Gasteiger partial charge in [0, 0.05) is 28.7 Å². The summed E-state index contributed by atoms with van der Waals surface area (Å²) in [6.07, 6.45) is 0.638. The smallest absolute Gasteiger partial charge is 0.193 e. The lowest BCUT2D eigenvalue weighted by atomic mass is 9.94. The molecule has 3 aromatic rings. The van der Waals surface area contributed by atoms with Gasteiger partial charge in [0.1, 0.15) is 11.5 Å². The van der Waals surface area contributed by atoms with Gasteiger partial charge in [-0.05, 0) is 16.8 Å². The van der Waals surface area contributed by atoms with Crippen molar-refractivity contribution in [1.29, 1.82) is 0 Å². The maximum atomic E-state index is 12.6. The summed E-state index contributed by atoms with van der Waals surface area (Å²) in [5.41, 5.74) is 3.56. The third-order valence-corrected chi connectivity index (χ3v) is 4.53. The van der Waals surface area contributed by atoms with Crippen molar-refractivity contribution in [3.05, 3.63) is 82.9 Å². The molecule has 5 rings (SSSR count). The summed E-state index contributed by atoms with van der Waals surface area (Å²) in [5, 5.41) is 2.34. The van der Waals surface area contributed by atoms with Gasteiger partial charge in [0.15, 0.2) is 5.78 Å². The highest BCUT2D eigenvalue weighted by molar-refractivity contribution is 6.20. The van der Waals surface area contributed by atoms with E-state index in [-0.39, 0.29) is 5.78 Å². The summed E-state index contributed by atoms with van der Waals surface area (Å²) in [6, 6.07) is 20.0. The monoisotopic (exact) mass is 284 g/mol. The molecule has 0 radical (unpaired) electrons. The standard InChI is InChI=1S/C20H12O2/c21-19-14-7-3-4-8-15(14)20-17(19)11-16-13-6-2-1-5-12(13)9-10-18(16)22-20/h1-10H,11H2. The van der Waals surface area contributed by atoms with Crippen molar-refractivity contribution in [1.82, 2.24) is 0 Å². The van der Waals surface area contributed by atoms with Crippen LogP contribution in [0.4, 0.5) is 0 Å². The van der Waals surface area contributed by atoms with Crippen LogP contribution in [0.25, 0.3) is 16.5 Å². The van der Waals surface area contributed by atoms with Crippen LogP contribution >= 0.6 is 0 Å². The van der Waals surface area contributed by atoms with Crippen LogP contribution in [0.5, 0.6) is 5.75 Å². The molecule has 0 aromatic heterocycles. The molecule has 0 unspecified atom stereocenters. The number of hydrogen-bond acceptors (Lipinski definition) is 2. The molecule has 0 spiro atoms. The van der Waals surface area contributed by atoms with E-state index in [9.17, 15) is 4.79 Å². The van der Waals surface area contributed by atoms with Crippen LogP contribution in [-0.2, 0) is 6.42 Å². The Hall–Kier alpha value is -2.87. The van der Waals surface area contributed by atoms with Crippen molar-refractivity contribution in [2.75, 3.05) is 0 Å². The van der Waals surface area contributed by atoms with Gasteiger partial charge < -0.3 is 4.74 Å². The van der Waals surface area contributed by atoms with Crippen LogP contribution in [0, 0.1) is 0 Å². The van der Waals surface area contributed by atoms with E-state index in [1.165, 1.54) is 5.39 Å². The number of Topliss-reactive ketones (excluding diaryl/α,β-unsaturated/α-hetero) is 1. The predicted octanol–water partition coefficient (Wildman–Crippen LogP) is 4.38. The van der Waals surface area contributed by atoms with Crippen LogP contribution in [0.2, 0.25) is 0 Å². The Balaban J connectivity index is 1.74. The van der Waals surface area contributed by atoms with E-state index in [1.54, 1.807) is 0 Å². The van der Waals surface area contributed by atoms with Crippen molar-refractivity contribution in [3.8, 4) is 5.75 Å². The number of hydrogen-bond donors (Lipinski definition) is 0. The summed E-state index contributed by atoms with van der Waals surface area (Å²) in [7, 11) is 0. The van der Waals surface area contributed by atoms with Gasteiger partial charge in [0.2, 0.25) is 0 Å². The highest BCUT2D eigenvalue weighted by Crippen LogP contribution is 2.43. The lowest BCUT2D eigenvalue weighted by Gasteiger charge is -2.20.